The summed E-state index contributed by atoms with van der Waals surface area (Å²) in [5.41, 5.74) is 1.06. The molecule has 0 aliphatic heterocycles. The molecule has 3 heteroatoms. The highest BCUT2D eigenvalue weighted by atomic mass is 79.9. The highest BCUT2D eigenvalue weighted by Crippen LogP contribution is 2.37. The molecule has 2 rings (SSSR count). The van der Waals surface area contributed by atoms with Crippen molar-refractivity contribution in [1.29, 1.82) is 0 Å². The monoisotopic (exact) mass is 313 g/mol. The van der Waals surface area contributed by atoms with Gasteiger partial charge in [0.1, 0.15) is 5.82 Å². The minimum Gasteiger partial charge on any atom is -0.313 e. The van der Waals surface area contributed by atoms with Gasteiger partial charge in [-0.2, -0.15) is 0 Å². The van der Waals surface area contributed by atoms with Crippen LogP contribution in [0.15, 0.2) is 22.7 Å². The molecule has 1 aromatic rings. The normalized spacial score (nSPS) is 26.0. The van der Waals surface area contributed by atoms with Crippen molar-refractivity contribution in [1.82, 2.24) is 5.32 Å². The highest BCUT2D eigenvalue weighted by molar-refractivity contribution is 9.10. The first-order chi connectivity index (χ1) is 8.60. The summed E-state index contributed by atoms with van der Waals surface area (Å²) < 4.78 is 14.3. The molecule has 0 spiro atoms. The first kappa shape index (κ1) is 14.0. The molecule has 3 unspecified atom stereocenters. The summed E-state index contributed by atoms with van der Waals surface area (Å²) in [4.78, 5) is 0. The van der Waals surface area contributed by atoms with Crippen LogP contribution in [0.3, 0.4) is 0 Å². The molecular weight excluding hydrogens is 293 g/mol. The maximum atomic E-state index is 13.5. The Kier molecular flexibility index (Phi) is 4.79. The van der Waals surface area contributed by atoms with Gasteiger partial charge in [0, 0.05) is 10.5 Å². The van der Waals surface area contributed by atoms with Gasteiger partial charge in [0.25, 0.3) is 0 Å². The van der Waals surface area contributed by atoms with Crippen LogP contribution in [0.25, 0.3) is 0 Å². The lowest BCUT2D eigenvalue weighted by molar-refractivity contribution is 0.229. The first-order valence-corrected chi connectivity index (χ1v) is 7.52. The fraction of sp³-hybridized carbons (Fsp3) is 0.600. The van der Waals surface area contributed by atoms with E-state index in [0.29, 0.717) is 5.92 Å². The molecule has 100 valence electrons. The average Bonchev–Trinajstić information content (AvgIpc) is 2.28. The van der Waals surface area contributed by atoms with Crippen LogP contribution in [0.4, 0.5) is 4.39 Å². The third kappa shape index (κ3) is 3.33. The van der Waals surface area contributed by atoms with E-state index >= 15 is 0 Å². The molecule has 1 aromatic carbocycles. The Morgan fingerprint density at radius 2 is 2.11 bits per heavy atom. The molecule has 0 aromatic heterocycles. The van der Waals surface area contributed by atoms with Crippen molar-refractivity contribution in [3.63, 3.8) is 0 Å². The largest absolute Gasteiger partial charge is 0.313 e. The van der Waals surface area contributed by atoms with Crippen LogP contribution in [0.1, 0.15) is 44.2 Å². The molecule has 1 fully saturated rings. The SMILES string of the molecule is CNC(c1cc(F)cc(Br)c1)C1CCCC(C)C1. The van der Waals surface area contributed by atoms with Crippen molar-refractivity contribution < 1.29 is 4.39 Å². The zero-order chi connectivity index (χ0) is 13.1. The number of hydrogen-bond donors (Lipinski definition) is 1. The molecule has 18 heavy (non-hydrogen) atoms. The molecule has 1 aliphatic rings. The summed E-state index contributed by atoms with van der Waals surface area (Å²) in [7, 11) is 1.97. The number of rotatable bonds is 3. The third-order valence-electron chi connectivity index (χ3n) is 4.00. The van der Waals surface area contributed by atoms with E-state index in [2.05, 4.69) is 28.2 Å². The Balaban J connectivity index is 2.21. The summed E-state index contributed by atoms with van der Waals surface area (Å²) in [6.45, 7) is 2.32. The smallest absolute Gasteiger partial charge is 0.124 e. The van der Waals surface area contributed by atoms with Crippen LogP contribution in [0.5, 0.6) is 0 Å². The molecule has 0 amide bonds. The van der Waals surface area contributed by atoms with Gasteiger partial charge in [-0.05, 0) is 55.5 Å². The van der Waals surface area contributed by atoms with Gasteiger partial charge >= 0.3 is 0 Å². The molecule has 1 aliphatic carbocycles. The molecule has 0 radical (unpaired) electrons. The molecular formula is C15H21BrFN. The van der Waals surface area contributed by atoms with E-state index < -0.39 is 0 Å². The van der Waals surface area contributed by atoms with Crippen LogP contribution in [0.2, 0.25) is 0 Å². The van der Waals surface area contributed by atoms with Crippen LogP contribution < -0.4 is 5.32 Å². The quantitative estimate of drug-likeness (QED) is 0.854. The fourth-order valence-electron chi connectivity index (χ4n) is 3.21. The summed E-state index contributed by atoms with van der Waals surface area (Å²) >= 11 is 3.38. The lowest BCUT2D eigenvalue weighted by Gasteiger charge is -2.33. The van der Waals surface area contributed by atoms with E-state index in [-0.39, 0.29) is 11.9 Å². The van der Waals surface area contributed by atoms with Crippen molar-refractivity contribution in [3.05, 3.63) is 34.1 Å². The van der Waals surface area contributed by atoms with Gasteiger partial charge < -0.3 is 5.32 Å². The summed E-state index contributed by atoms with van der Waals surface area (Å²) in [5.74, 6) is 1.24. The van der Waals surface area contributed by atoms with E-state index in [0.717, 1.165) is 16.0 Å². The van der Waals surface area contributed by atoms with E-state index in [1.807, 2.05) is 13.1 Å². The third-order valence-corrected chi connectivity index (χ3v) is 4.46. The summed E-state index contributed by atoms with van der Waals surface area (Å²) in [5, 5.41) is 3.38. The maximum absolute atomic E-state index is 13.5. The minimum atomic E-state index is -0.163. The van der Waals surface area contributed by atoms with E-state index in [1.165, 1.54) is 31.7 Å². The van der Waals surface area contributed by atoms with E-state index in [1.54, 1.807) is 6.07 Å². The Hall–Kier alpha value is -0.410. The standard InChI is InChI=1S/C15H21BrFN/c1-10-4-3-5-11(6-10)15(18-2)12-7-13(16)9-14(17)8-12/h7-11,15,18H,3-6H2,1-2H3. The van der Waals surface area contributed by atoms with Crippen molar-refractivity contribution >= 4 is 15.9 Å². The average molecular weight is 314 g/mol. The van der Waals surface area contributed by atoms with Crippen LogP contribution in [-0.2, 0) is 0 Å². The zero-order valence-electron chi connectivity index (χ0n) is 11.0. The molecule has 1 N–H and O–H groups in total. The van der Waals surface area contributed by atoms with Gasteiger partial charge in [0.05, 0.1) is 0 Å². The maximum Gasteiger partial charge on any atom is 0.124 e. The summed E-state index contributed by atoms with van der Waals surface area (Å²) in [6, 6.07) is 5.47. The summed E-state index contributed by atoms with van der Waals surface area (Å²) in [6.07, 6.45) is 5.10. The Labute approximate surface area is 117 Å². The van der Waals surface area contributed by atoms with Crippen molar-refractivity contribution in [2.75, 3.05) is 7.05 Å². The van der Waals surface area contributed by atoms with Gasteiger partial charge in [0.15, 0.2) is 0 Å². The number of nitrogens with one attached hydrogen (secondary N) is 1. The Morgan fingerprint density at radius 1 is 1.33 bits per heavy atom. The number of benzene rings is 1. The Morgan fingerprint density at radius 3 is 2.72 bits per heavy atom. The van der Waals surface area contributed by atoms with Gasteiger partial charge in [-0.1, -0.05) is 35.7 Å². The van der Waals surface area contributed by atoms with Gasteiger partial charge in [-0.15, -0.1) is 0 Å². The second-order valence-electron chi connectivity index (χ2n) is 5.50. The molecule has 3 atom stereocenters. The van der Waals surface area contributed by atoms with Gasteiger partial charge in [-0.3, -0.25) is 0 Å². The fourth-order valence-corrected chi connectivity index (χ4v) is 3.70. The molecule has 0 heterocycles. The highest BCUT2D eigenvalue weighted by Gasteiger charge is 2.27. The zero-order valence-corrected chi connectivity index (χ0v) is 12.6. The molecule has 0 bridgehead atoms. The van der Waals surface area contributed by atoms with Gasteiger partial charge in [0.2, 0.25) is 0 Å². The van der Waals surface area contributed by atoms with E-state index in [9.17, 15) is 4.39 Å². The molecule has 1 nitrogen and oxygen atoms in total. The molecule has 1 saturated carbocycles. The minimum absolute atomic E-state index is 0.163. The van der Waals surface area contributed by atoms with Gasteiger partial charge in [-0.25, -0.2) is 4.39 Å². The lowest BCUT2D eigenvalue weighted by Crippen LogP contribution is -2.29. The second kappa shape index (κ2) is 6.16. The second-order valence-corrected chi connectivity index (χ2v) is 6.42. The van der Waals surface area contributed by atoms with E-state index in [4.69, 9.17) is 0 Å². The van der Waals surface area contributed by atoms with Crippen molar-refractivity contribution in [2.24, 2.45) is 11.8 Å². The predicted octanol–water partition coefficient (Wildman–Crippen LogP) is 4.68. The van der Waals surface area contributed by atoms with Crippen LogP contribution in [0, 0.1) is 17.7 Å². The topological polar surface area (TPSA) is 12.0 Å². The molecule has 0 saturated heterocycles. The van der Waals surface area contributed by atoms with Crippen LogP contribution >= 0.6 is 15.9 Å². The number of hydrogen-bond acceptors (Lipinski definition) is 1. The predicted molar refractivity (Wildman–Crippen MR) is 77.0 cm³/mol. The first-order valence-electron chi connectivity index (χ1n) is 6.73. The Bertz CT molecular complexity index is 387. The number of halogens is 2. The van der Waals surface area contributed by atoms with Crippen molar-refractivity contribution in [3.8, 4) is 0 Å². The van der Waals surface area contributed by atoms with Crippen LogP contribution in [-0.4, -0.2) is 7.05 Å². The lowest BCUT2D eigenvalue weighted by atomic mass is 9.77. The van der Waals surface area contributed by atoms with Crippen molar-refractivity contribution in [2.45, 2.75) is 38.6 Å².